The van der Waals surface area contributed by atoms with Crippen molar-refractivity contribution >= 4 is 40.4 Å². The first-order valence-electron chi connectivity index (χ1n) is 11.4. The summed E-state index contributed by atoms with van der Waals surface area (Å²) in [5, 5.41) is 4.03. The molecule has 2 aliphatic heterocycles. The highest BCUT2D eigenvalue weighted by molar-refractivity contribution is 6.36. The number of imide groups is 1. The topological polar surface area (TPSA) is 84.3 Å². The van der Waals surface area contributed by atoms with Gasteiger partial charge in [-0.15, -0.1) is 0 Å². The van der Waals surface area contributed by atoms with Gasteiger partial charge in [-0.2, -0.15) is 0 Å². The number of nitrogens with zero attached hydrogens (tertiary/aromatic N) is 3. The average Bonchev–Trinajstić information content (AvgIpc) is 3.24. The van der Waals surface area contributed by atoms with E-state index >= 15 is 0 Å². The van der Waals surface area contributed by atoms with Crippen LogP contribution in [0.1, 0.15) is 59.6 Å². The fourth-order valence-electron chi connectivity index (χ4n) is 5.30. The first kappa shape index (κ1) is 20.4. The minimum Gasteiger partial charge on any atom is -0.328 e. The molecule has 1 unspecified atom stereocenters. The molecular formula is C25H23ClN4O3. The Kier molecular flexibility index (Phi) is 4.59. The monoisotopic (exact) mass is 462 g/mol. The highest BCUT2D eigenvalue weighted by atomic mass is 35.5. The quantitative estimate of drug-likeness (QED) is 0.592. The normalized spacial score (nSPS) is 20.8. The molecule has 33 heavy (non-hydrogen) atoms. The summed E-state index contributed by atoms with van der Waals surface area (Å²) in [6.45, 7) is 2.41. The maximum Gasteiger partial charge on any atom is 0.255 e. The maximum absolute atomic E-state index is 13.0. The van der Waals surface area contributed by atoms with Crippen molar-refractivity contribution in [2.75, 3.05) is 0 Å². The third-order valence-corrected chi connectivity index (χ3v) is 7.64. The van der Waals surface area contributed by atoms with E-state index in [1.807, 2.05) is 30.6 Å². The molecule has 0 bridgehead atoms. The smallest absolute Gasteiger partial charge is 0.255 e. The predicted molar refractivity (Wildman–Crippen MR) is 124 cm³/mol. The summed E-state index contributed by atoms with van der Waals surface area (Å²) >= 11 is 6.64. The Hall–Kier alpha value is -3.19. The van der Waals surface area contributed by atoms with Gasteiger partial charge in [0.25, 0.3) is 5.91 Å². The molecule has 8 heteroatoms. The standard InChI is InChI=1S/C25H23ClN4O3/c1-13-18(10-27-23-22(13)19(26)12-29(23)16-3-2-4-16)14-5-6-17-15(9-14)11-30(25(17)33)20-7-8-21(31)28-24(20)32/h5-6,9-10,12,16,20H,2-4,7-8,11H2,1H3,(H,28,31,32). The second-order valence-electron chi connectivity index (χ2n) is 9.24. The number of nitrogens with one attached hydrogen (secondary N) is 1. The van der Waals surface area contributed by atoms with Gasteiger partial charge in [-0.25, -0.2) is 4.98 Å². The van der Waals surface area contributed by atoms with Gasteiger partial charge in [0.2, 0.25) is 11.8 Å². The van der Waals surface area contributed by atoms with Gasteiger partial charge in [-0.05, 0) is 61.4 Å². The first-order chi connectivity index (χ1) is 15.9. The number of piperidine rings is 1. The van der Waals surface area contributed by atoms with E-state index in [4.69, 9.17) is 16.6 Å². The van der Waals surface area contributed by atoms with Gasteiger partial charge in [0, 0.05) is 47.9 Å². The summed E-state index contributed by atoms with van der Waals surface area (Å²) in [4.78, 5) is 43.1. The second-order valence-corrected chi connectivity index (χ2v) is 9.64. The average molecular weight is 463 g/mol. The molecule has 0 spiro atoms. The van der Waals surface area contributed by atoms with E-state index in [-0.39, 0.29) is 18.2 Å². The number of benzene rings is 1. The number of carbonyl (C=O) groups is 3. The third-order valence-electron chi connectivity index (χ3n) is 7.36. The Balaban J connectivity index is 1.35. The predicted octanol–water partition coefficient (Wildman–Crippen LogP) is 4.15. The van der Waals surface area contributed by atoms with Crippen molar-refractivity contribution in [2.24, 2.45) is 0 Å². The van der Waals surface area contributed by atoms with Gasteiger partial charge in [-0.1, -0.05) is 17.7 Å². The van der Waals surface area contributed by atoms with Crippen molar-refractivity contribution in [3.8, 4) is 11.1 Å². The fourth-order valence-corrected chi connectivity index (χ4v) is 5.63. The highest BCUT2D eigenvalue weighted by Crippen LogP contribution is 2.40. The lowest BCUT2D eigenvalue weighted by Gasteiger charge is -2.29. The van der Waals surface area contributed by atoms with E-state index in [1.165, 1.54) is 6.42 Å². The lowest BCUT2D eigenvalue weighted by molar-refractivity contribution is -0.136. The van der Waals surface area contributed by atoms with Gasteiger partial charge >= 0.3 is 0 Å². The van der Waals surface area contributed by atoms with Crippen LogP contribution in [0, 0.1) is 6.92 Å². The Morgan fingerprint density at radius 3 is 2.67 bits per heavy atom. The van der Waals surface area contributed by atoms with Gasteiger partial charge in [0.05, 0.1) is 5.02 Å². The van der Waals surface area contributed by atoms with Crippen molar-refractivity contribution in [3.05, 3.63) is 52.3 Å². The molecule has 3 amide bonds. The van der Waals surface area contributed by atoms with Crippen LogP contribution in [0.4, 0.5) is 0 Å². The number of halogens is 1. The Morgan fingerprint density at radius 2 is 1.94 bits per heavy atom. The van der Waals surface area contributed by atoms with E-state index < -0.39 is 11.9 Å². The summed E-state index contributed by atoms with van der Waals surface area (Å²) in [5.74, 6) is -0.855. The zero-order valence-electron chi connectivity index (χ0n) is 18.2. The third kappa shape index (κ3) is 3.09. The summed E-state index contributed by atoms with van der Waals surface area (Å²) in [6.07, 6.45) is 8.04. The lowest BCUT2D eigenvalue weighted by atomic mass is 9.93. The van der Waals surface area contributed by atoms with Crippen LogP contribution >= 0.6 is 11.6 Å². The second kappa shape index (κ2) is 7.42. The number of hydrogen-bond donors (Lipinski definition) is 1. The van der Waals surface area contributed by atoms with Crippen molar-refractivity contribution < 1.29 is 14.4 Å². The van der Waals surface area contributed by atoms with Crippen molar-refractivity contribution in [1.82, 2.24) is 19.8 Å². The summed E-state index contributed by atoms with van der Waals surface area (Å²) in [6, 6.07) is 5.62. The number of rotatable bonds is 3. The molecule has 7 nitrogen and oxygen atoms in total. The molecule has 3 aliphatic rings. The van der Waals surface area contributed by atoms with Gasteiger partial charge in [-0.3, -0.25) is 19.7 Å². The molecule has 0 radical (unpaired) electrons. The largest absolute Gasteiger partial charge is 0.328 e. The van der Waals surface area contributed by atoms with E-state index in [1.54, 1.807) is 4.90 Å². The molecule has 4 heterocycles. The van der Waals surface area contributed by atoms with Crippen LogP contribution < -0.4 is 5.32 Å². The highest BCUT2D eigenvalue weighted by Gasteiger charge is 2.39. The van der Waals surface area contributed by atoms with Gasteiger partial charge in [0.1, 0.15) is 11.7 Å². The van der Waals surface area contributed by atoms with Crippen molar-refractivity contribution in [1.29, 1.82) is 0 Å². The van der Waals surface area contributed by atoms with Crippen LogP contribution in [-0.4, -0.2) is 38.2 Å². The van der Waals surface area contributed by atoms with E-state index in [9.17, 15) is 14.4 Å². The van der Waals surface area contributed by atoms with Gasteiger partial charge < -0.3 is 9.47 Å². The molecule has 1 aromatic carbocycles. The van der Waals surface area contributed by atoms with Crippen molar-refractivity contribution in [3.63, 3.8) is 0 Å². The summed E-state index contributed by atoms with van der Waals surface area (Å²) in [7, 11) is 0. The summed E-state index contributed by atoms with van der Waals surface area (Å²) in [5.41, 5.74) is 5.40. The van der Waals surface area contributed by atoms with Crippen LogP contribution in [0.25, 0.3) is 22.2 Å². The zero-order valence-corrected chi connectivity index (χ0v) is 19.0. The molecular weight excluding hydrogens is 440 g/mol. The summed E-state index contributed by atoms with van der Waals surface area (Å²) < 4.78 is 2.21. The number of aryl methyl sites for hydroxylation is 1. The number of pyridine rings is 1. The minimum atomic E-state index is -0.615. The van der Waals surface area contributed by atoms with Crippen LogP contribution in [0.2, 0.25) is 5.02 Å². The van der Waals surface area contributed by atoms with E-state index in [0.717, 1.165) is 46.1 Å². The molecule has 6 rings (SSSR count). The lowest BCUT2D eigenvalue weighted by Crippen LogP contribution is -2.52. The Labute approximate surface area is 195 Å². The molecule has 2 fully saturated rings. The molecule has 1 saturated heterocycles. The molecule has 1 saturated carbocycles. The number of fused-ring (bicyclic) bond motifs is 2. The molecule has 168 valence electrons. The van der Waals surface area contributed by atoms with E-state index in [0.29, 0.717) is 29.6 Å². The number of aromatic nitrogens is 2. The SMILES string of the molecule is Cc1c(-c2ccc3c(c2)CN(C2CCC(=O)NC2=O)C3=O)cnc2c1c(Cl)cn2C1CCC1. The van der Waals surface area contributed by atoms with Crippen molar-refractivity contribution in [2.45, 2.75) is 57.7 Å². The fraction of sp³-hybridized carbons (Fsp3) is 0.360. The number of carbonyl (C=O) groups excluding carboxylic acids is 3. The maximum atomic E-state index is 13.0. The number of amides is 3. The zero-order chi connectivity index (χ0) is 22.9. The molecule has 1 aliphatic carbocycles. The van der Waals surface area contributed by atoms with Crippen LogP contribution in [0.3, 0.4) is 0 Å². The number of hydrogen-bond acceptors (Lipinski definition) is 4. The first-order valence-corrected chi connectivity index (χ1v) is 11.7. The van der Waals surface area contributed by atoms with Gasteiger partial charge in [0.15, 0.2) is 0 Å². The van der Waals surface area contributed by atoms with Crippen LogP contribution in [-0.2, 0) is 16.1 Å². The Bertz CT molecular complexity index is 1360. The van der Waals surface area contributed by atoms with Crippen LogP contribution in [0.15, 0.2) is 30.6 Å². The molecule has 2 aromatic heterocycles. The van der Waals surface area contributed by atoms with Crippen LogP contribution in [0.5, 0.6) is 0 Å². The Morgan fingerprint density at radius 1 is 1.12 bits per heavy atom. The van der Waals surface area contributed by atoms with E-state index in [2.05, 4.69) is 16.8 Å². The minimum absolute atomic E-state index is 0.169. The molecule has 1 N–H and O–H groups in total. The molecule has 1 atom stereocenters. The molecule has 3 aromatic rings.